The Hall–Kier alpha value is -2.16. The number of hydrogen-bond donors (Lipinski definition) is 0. The van der Waals surface area contributed by atoms with Gasteiger partial charge in [-0.3, -0.25) is 0 Å². The summed E-state index contributed by atoms with van der Waals surface area (Å²) in [4.78, 5) is 0. The molecule has 3 rings (SSSR count). The van der Waals surface area contributed by atoms with Crippen molar-refractivity contribution in [3.63, 3.8) is 0 Å². The lowest BCUT2D eigenvalue weighted by atomic mass is 10.6. The van der Waals surface area contributed by atoms with Crippen molar-refractivity contribution in [1.82, 2.24) is 13.7 Å². The first-order valence-electron chi connectivity index (χ1n) is 5.32. The smallest absolute Gasteiger partial charge is 0.191 e. The van der Waals surface area contributed by atoms with Gasteiger partial charge in [-0.25, -0.2) is 0 Å². The van der Waals surface area contributed by atoms with Crippen molar-refractivity contribution in [3.8, 4) is 0 Å². The third-order valence-electron chi connectivity index (χ3n) is 2.68. The molecule has 0 bridgehead atoms. The molecule has 0 unspecified atom stereocenters. The van der Waals surface area contributed by atoms with Gasteiger partial charge in [0, 0.05) is 37.2 Å². The summed E-state index contributed by atoms with van der Waals surface area (Å²) in [5.74, 6) is 0. The average molecular weight is 211 g/mol. The minimum Gasteiger partial charge on any atom is -0.316 e. The quantitative estimate of drug-likeness (QED) is 0.632. The third-order valence-corrected chi connectivity index (χ3v) is 2.68. The Morgan fingerprint density at radius 3 is 0.938 bits per heavy atom. The second-order valence-electron chi connectivity index (χ2n) is 3.74. The molecule has 0 aliphatic heterocycles. The Bertz CT molecular complexity index is 436. The standard InChI is InChI=1S/C13H13N3/c1-2-8-14(7-1)13(15-9-3-4-10-15)16-11-5-6-12-16/h1-13H. The van der Waals surface area contributed by atoms with Crippen molar-refractivity contribution >= 4 is 0 Å². The Morgan fingerprint density at radius 2 is 0.688 bits per heavy atom. The van der Waals surface area contributed by atoms with Crippen molar-refractivity contribution in [2.75, 3.05) is 0 Å². The van der Waals surface area contributed by atoms with Gasteiger partial charge in [-0.15, -0.1) is 0 Å². The zero-order chi connectivity index (χ0) is 10.8. The van der Waals surface area contributed by atoms with Crippen molar-refractivity contribution in [2.45, 2.75) is 6.29 Å². The number of aromatic nitrogens is 3. The van der Waals surface area contributed by atoms with Gasteiger partial charge in [-0.1, -0.05) is 0 Å². The van der Waals surface area contributed by atoms with E-state index in [9.17, 15) is 0 Å². The van der Waals surface area contributed by atoms with Gasteiger partial charge in [0.25, 0.3) is 0 Å². The first-order valence-corrected chi connectivity index (χ1v) is 5.32. The predicted molar refractivity (Wildman–Crippen MR) is 63.1 cm³/mol. The van der Waals surface area contributed by atoms with Crippen LogP contribution in [0.5, 0.6) is 0 Å². The van der Waals surface area contributed by atoms with E-state index in [4.69, 9.17) is 0 Å². The maximum atomic E-state index is 2.17. The molecule has 16 heavy (non-hydrogen) atoms. The van der Waals surface area contributed by atoms with Crippen LogP contribution in [0.25, 0.3) is 0 Å². The molecule has 3 nitrogen and oxygen atoms in total. The van der Waals surface area contributed by atoms with Crippen LogP contribution in [-0.4, -0.2) is 13.7 Å². The van der Waals surface area contributed by atoms with Crippen molar-refractivity contribution in [3.05, 3.63) is 73.6 Å². The van der Waals surface area contributed by atoms with Crippen molar-refractivity contribution in [1.29, 1.82) is 0 Å². The van der Waals surface area contributed by atoms with Gasteiger partial charge in [0.15, 0.2) is 6.29 Å². The van der Waals surface area contributed by atoms with Gasteiger partial charge >= 0.3 is 0 Å². The Kier molecular flexibility index (Phi) is 2.14. The van der Waals surface area contributed by atoms with Crippen LogP contribution in [0.3, 0.4) is 0 Å². The van der Waals surface area contributed by atoms with Crippen LogP contribution >= 0.6 is 0 Å². The molecule has 0 atom stereocenters. The largest absolute Gasteiger partial charge is 0.316 e. The molecule has 3 heterocycles. The van der Waals surface area contributed by atoms with E-state index in [1.54, 1.807) is 0 Å². The molecule has 3 heteroatoms. The molecule has 0 fully saturated rings. The van der Waals surface area contributed by atoms with Crippen LogP contribution in [0.15, 0.2) is 73.6 Å². The average Bonchev–Trinajstić information content (AvgIpc) is 3.02. The molecule has 3 aromatic heterocycles. The molecular formula is C13H13N3. The van der Waals surface area contributed by atoms with Crippen LogP contribution in [0.4, 0.5) is 0 Å². The van der Waals surface area contributed by atoms with Crippen molar-refractivity contribution < 1.29 is 0 Å². The summed E-state index contributed by atoms with van der Waals surface area (Å²) in [6.45, 7) is 0. The molecule has 0 aliphatic rings. The fraction of sp³-hybridized carbons (Fsp3) is 0.0769. The molecule has 0 aliphatic carbocycles. The zero-order valence-corrected chi connectivity index (χ0v) is 8.85. The van der Waals surface area contributed by atoms with Gasteiger partial charge in [0.2, 0.25) is 0 Å². The van der Waals surface area contributed by atoms with E-state index >= 15 is 0 Å². The summed E-state index contributed by atoms with van der Waals surface area (Å²) in [7, 11) is 0. The SMILES string of the molecule is c1ccn(C(n2cccc2)n2cccc2)c1. The van der Waals surface area contributed by atoms with E-state index in [2.05, 4.69) is 50.9 Å². The molecule has 3 aromatic rings. The minimum atomic E-state index is 0.139. The topological polar surface area (TPSA) is 14.8 Å². The summed E-state index contributed by atoms with van der Waals surface area (Å²) in [6.07, 6.45) is 12.6. The summed E-state index contributed by atoms with van der Waals surface area (Å²) >= 11 is 0. The lowest BCUT2D eigenvalue weighted by Gasteiger charge is -2.22. The Morgan fingerprint density at radius 1 is 0.438 bits per heavy atom. The van der Waals surface area contributed by atoms with E-state index in [0.29, 0.717) is 0 Å². The molecule has 80 valence electrons. The van der Waals surface area contributed by atoms with E-state index in [-0.39, 0.29) is 6.29 Å². The van der Waals surface area contributed by atoms with Crippen LogP contribution in [-0.2, 0) is 0 Å². The summed E-state index contributed by atoms with van der Waals surface area (Å²) in [5, 5.41) is 0. The first kappa shape index (κ1) is 9.09. The molecule has 0 saturated carbocycles. The molecule has 0 aromatic carbocycles. The second kappa shape index (κ2) is 3.77. The second-order valence-corrected chi connectivity index (χ2v) is 3.74. The van der Waals surface area contributed by atoms with Crippen LogP contribution < -0.4 is 0 Å². The first-order chi connectivity index (χ1) is 7.95. The third kappa shape index (κ3) is 1.46. The summed E-state index contributed by atoms with van der Waals surface area (Å²) in [5.41, 5.74) is 0. The predicted octanol–water partition coefficient (Wildman–Crippen LogP) is 2.64. The van der Waals surface area contributed by atoms with E-state index < -0.39 is 0 Å². The monoisotopic (exact) mass is 211 g/mol. The maximum Gasteiger partial charge on any atom is 0.191 e. The Labute approximate surface area is 94.2 Å². The normalized spacial score (nSPS) is 11.1. The van der Waals surface area contributed by atoms with E-state index in [0.717, 1.165) is 0 Å². The van der Waals surface area contributed by atoms with Crippen LogP contribution in [0.2, 0.25) is 0 Å². The summed E-state index contributed by atoms with van der Waals surface area (Å²) < 4.78 is 6.50. The molecular weight excluding hydrogens is 198 g/mol. The Balaban J connectivity index is 2.09. The molecule has 0 spiro atoms. The fourth-order valence-corrected chi connectivity index (χ4v) is 1.97. The number of hydrogen-bond acceptors (Lipinski definition) is 0. The van der Waals surface area contributed by atoms with E-state index in [1.165, 1.54) is 0 Å². The molecule has 0 radical (unpaired) electrons. The fourth-order valence-electron chi connectivity index (χ4n) is 1.97. The minimum absolute atomic E-state index is 0.139. The lowest BCUT2D eigenvalue weighted by Crippen LogP contribution is -2.22. The highest BCUT2D eigenvalue weighted by Gasteiger charge is 2.11. The molecule has 0 amide bonds. The maximum absolute atomic E-state index is 2.17. The number of rotatable bonds is 3. The molecule has 0 N–H and O–H groups in total. The van der Waals surface area contributed by atoms with Gasteiger partial charge < -0.3 is 13.7 Å². The van der Waals surface area contributed by atoms with Crippen LogP contribution in [0.1, 0.15) is 6.29 Å². The van der Waals surface area contributed by atoms with Gasteiger partial charge in [-0.2, -0.15) is 0 Å². The van der Waals surface area contributed by atoms with Gasteiger partial charge in [0.05, 0.1) is 0 Å². The van der Waals surface area contributed by atoms with Gasteiger partial charge in [-0.05, 0) is 36.4 Å². The highest BCUT2D eigenvalue weighted by Crippen LogP contribution is 2.14. The highest BCUT2D eigenvalue weighted by atomic mass is 15.3. The van der Waals surface area contributed by atoms with Crippen LogP contribution in [0, 0.1) is 0 Å². The number of nitrogens with zero attached hydrogens (tertiary/aromatic N) is 3. The van der Waals surface area contributed by atoms with E-state index in [1.807, 2.05) is 36.4 Å². The molecule has 0 saturated heterocycles. The highest BCUT2D eigenvalue weighted by molar-refractivity contribution is 5.01. The lowest BCUT2D eigenvalue weighted by molar-refractivity contribution is 0.371. The zero-order valence-electron chi connectivity index (χ0n) is 8.85. The summed E-state index contributed by atoms with van der Waals surface area (Å²) in [6, 6.07) is 12.2. The van der Waals surface area contributed by atoms with Gasteiger partial charge in [0.1, 0.15) is 0 Å². The van der Waals surface area contributed by atoms with Crippen molar-refractivity contribution in [2.24, 2.45) is 0 Å².